The molecule has 0 spiro atoms. The molecule has 1 aromatic heterocycles. The Hall–Kier alpha value is -2.15. The molecule has 1 atom stereocenters. The van der Waals surface area contributed by atoms with Crippen molar-refractivity contribution in [2.75, 3.05) is 44.7 Å². The number of nitrogens with zero attached hydrogens (tertiary/aromatic N) is 4. The highest BCUT2D eigenvalue weighted by Crippen LogP contribution is 2.19. The van der Waals surface area contributed by atoms with Gasteiger partial charge in [0.25, 0.3) is 0 Å². The standard InChI is InChI=1S/C18H27N5O2/c1-14(23-8-4-6-16(23)24)18(25)20-13-15-5-3-7-19-17(15)22-11-9-21(2)10-12-22/h3,5,7,14H,4,6,8-13H2,1-2H3,(H,20,25). The van der Waals surface area contributed by atoms with E-state index in [-0.39, 0.29) is 11.8 Å². The summed E-state index contributed by atoms with van der Waals surface area (Å²) in [5.74, 6) is 0.909. The second kappa shape index (κ2) is 7.82. The van der Waals surface area contributed by atoms with Gasteiger partial charge in [-0.3, -0.25) is 9.59 Å². The molecule has 1 aromatic rings. The minimum atomic E-state index is -0.418. The lowest BCUT2D eigenvalue weighted by molar-refractivity contribution is -0.136. The van der Waals surface area contributed by atoms with Crippen LogP contribution < -0.4 is 10.2 Å². The molecule has 25 heavy (non-hydrogen) atoms. The van der Waals surface area contributed by atoms with Crippen molar-refractivity contribution in [3.8, 4) is 0 Å². The van der Waals surface area contributed by atoms with E-state index in [1.807, 2.05) is 12.1 Å². The number of amides is 2. The van der Waals surface area contributed by atoms with Crippen LogP contribution in [-0.2, 0) is 16.1 Å². The number of hydrogen-bond acceptors (Lipinski definition) is 5. The molecule has 0 aliphatic carbocycles. The zero-order valence-corrected chi connectivity index (χ0v) is 15.1. The van der Waals surface area contributed by atoms with Crippen molar-refractivity contribution < 1.29 is 9.59 Å². The summed E-state index contributed by atoms with van der Waals surface area (Å²) < 4.78 is 0. The van der Waals surface area contributed by atoms with Crippen LogP contribution in [0.2, 0.25) is 0 Å². The fourth-order valence-electron chi connectivity index (χ4n) is 3.42. The molecule has 2 aliphatic heterocycles. The molecule has 7 nitrogen and oxygen atoms in total. The Morgan fingerprint density at radius 3 is 2.72 bits per heavy atom. The van der Waals surface area contributed by atoms with E-state index in [1.54, 1.807) is 18.0 Å². The number of likely N-dealkylation sites (tertiary alicyclic amines) is 1. The first kappa shape index (κ1) is 17.7. The zero-order chi connectivity index (χ0) is 17.8. The lowest BCUT2D eigenvalue weighted by Crippen LogP contribution is -2.46. The Kier molecular flexibility index (Phi) is 5.53. The van der Waals surface area contributed by atoms with Gasteiger partial charge >= 0.3 is 0 Å². The first-order valence-electron chi connectivity index (χ1n) is 9.01. The van der Waals surface area contributed by atoms with Crippen LogP contribution in [0.1, 0.15) is 25.3 Å². The van der Waals surface area contributed by atoms with Gasteiger partial charge in [-0.2, -0.15) is 0 Å². The molecule has 2 fully saturated rings. The van der Waals surface area contributed by atoms with Crippen LogP contribution in [-0.4, -0.2) is 72.4 Å². The number of rotatable bonds is 5. The molecule has 2 amide bonds. The Balaban J connectivity index is 1.61. The summed E-state index contributed by atoms with van der Waals surface area (Å²) in [5, 5.41) is 2.97. The maximum atomic E-state index is 12.4. The van der Waals surface area contributed by atoms with Gasteiger partial charge in [0.1, 0.15) is 11.9 Å². The number of piperazine rings is 1. The van der Waals surface area contributed by atoms with Gasteiger partial charge in [0.05, 0.1) is 0 Å². The maximum absolute atomic E-state index is 12.4. The van der Waals surface area contributed by atoms with Gasteiger partial charge in [-0.25, -0.2) is 4.98 Å². The maximum Gasteiger partial charge on any atom is 0.242 e. The Labute approximate surface area is 149 Å². The molecule has 3 heterocycles. The van der Waals surface area contributed by atoms with Crippen molar-refractivity contribution in [1.29, 1.82) is 0 Å². The van der Waals surface area contributed by atoms with Crippen molar-refractivity contribution in [2.24, 2.45) is 0 Å². The molecule has 0 saturated carbocycles. The zero-order valence-electron chi connectivity index (χ0n) is 15.1. The van der Waals surface area contributed by atoms with E-state index >= 15 is 0 Å². The van der Waals surface area contributed by atoms with Gasteiger partial charge in [-0.05, 0) is 26.5 Å². The summed E-state index contributed by atoms with van der Waals surface area (Å²) in [6.45, 7) is 6.80. The van der Waals surface area contributed by atoms with Gasteiger partial charge in [-0.15, -0.1) is 0 Å². The van der Waals surface area contributed by atoms with Gasteiger partial charge in [0, 0.05) is 57.4 Å². The van der Waals surface area contributed by atoms with Crippen LogP contribution >= 0.6 is 0 Å². The Morgan fingerprint density at radius 1 is 1.28 bits per heavy atom. The van der Waals surface area contributed by atoms with Crippen molar-refractivity contribution >= 4 is 17.6 Å². The topological polar surface area (TPSA) is 68.8 Å². The van der Waals surface area contributed by atoms with Gasteiger partial charge in [-0.1, -0.05) is 6.07 Å². The highest BCUT2D eigenvalue weighted by Gasteiger charge is 2.29. The second-order valence-electron chi connectivity index (χ2n) is 6.86. The first-order valence-corrected chi connectivity index (χ1v) is 9.01. The number of nitrogens with one attached hydrogen (secondary N) is 1. The van der Waals surface area contributed by atoms with Crippen molar-refractivity contribution in [1.82, 2.24) is 20.1 Å². The summed E-state index contributed by atoms with van der Waals surface area (Å²) in [5.41, 5.74) is 1.01. The smallest absolute Gasteiger partial charge is 0.242 e. The normalized spacial score (nSPS) is 20.0. The fraction of sp³-hybridized carbons (Fsp3) is 0.611. The van der Waals surface area contributed by atoms with Crippen molar-refractivity contribution in [3.05, 3.63) is 23.9 Å². The van der Waals surface area contributed by atoms with Crippen LogP contribution in [0.3, 0.4) is 0 Å². The second-order valence-corrected chi connectivity index (χ2v) is 6.86. The summed E-state index contributed by atoms with van der Waals surface area (Å²) in [6.07, 6.45) is 3.19. The summed E-state index contributed by atoms with van der Waals surface area (Å²) >= 11 is 0. The lowest BCUT2D eigenvalue weighted by Gasteiger charge is -2.34. The molecule has 0 bridgehead atoms. The third kappa shape index (κ3) is 4.10. The third-order valence-electron chi connectivity index (χ3n) is 5.08. The summed E-state index contributed by atoms with van der Waals surface area (Å²) in [7, 11) is 2.12. The van der Waals surface area contributed by atoms with E-state index in [4.69, 9.17) is 0 Å². The van der Waals surface area contributed by atoms with Crippen molar-refractivity contribution in [3.63, 3.8) is 0 Å². The number of aromatic nitrogens is 1. The average molecular weight is 345 g/mol. The van der Waals surface area contributed by atoms with E-state index in [0.717, 1.165) is 44.0 Å². The molecule has 0 aromatic carbocycles. The number of anilines is 1. The number of hydrogen-bond donors (Lipinski definition) is 1. The molecule has 2 aliphatic rings. The largest absolute Gasteiger partial charge is 0.354 e. The van der Waals surface area contributed by atoms with Gasteiger partial charge < -0.3 is 20.0 Å². The Morgan fingerprint density at radius 2 is 2.04 bits per heavy atom. The lowest BCUT2D eigenvalue weighted by atomic mass is 10.2. The van der Waals surface area contributed by atoms with E-state index in [0.29, 0.717) is 19.5 Å². The number of likely N-dealkylation sites (N-methyl/N-ethyl adjacent to an activating group) is 1. The SMILES string of the molecule is CC(C(=O)NCc1cccnc1N1CCN(C)CC1)N1CCCC1=O. The summed E-state index contributed by atoms with van der Waals surface area (Å²) in [4.78, 5) is 35.0. The minimum Gasteiger partial charge on any atom is -0.354 e. The van der Waals surface area contributed by atoms with Crippen LogP contribution in [0.15, 0.2) is 18.3 Å². The Bertz CT molecular complexity index is 628. The monoisotopic (exact) mass is 345 g/mol. The van der Waals surface area contributed by atoms with E-state index in [1.165, 1.54) is 0 Å². The molecule has 136 valence electrons. The van der Waals surface area contributed by atoms with E-state index in [9.17, 15) is 9.59 Å². The highest BCUT2D eigenvalue weighted by atomic mass is 16.2. The molecule has 2 saturated heterocycles. The van der Waals surface area contributed by atoms with E-state index < -0.39 is 6.04 Å². The molecule has 7 heteroatoms. The van der Waals surface area contributed by atoms with Crippen LogP contribution in [0, 0.1) is 0 Å². The molecule has 1 unspecified atom stereocenters. The number of pyridine rings is 1. The average Bonchev–Trinajstić information content (AvgIpc) is 3.06. The molecule has 1 N–H and O–H groups in total. The number of carbonyl (C=O) groups excluding carboxylic acids is 2. The predicted octanol–water partition coefficient (Wildman–Crippen LogP) is 0.461. The van der Waals surface area contributed by atoms with Crippen LogP contribution in [0.5, 0.6) is 0 Å². The fourth-order valence-corrected chi connectivity index (χ4v) is 3.42. The van der Waals surface area contributed by atoms with E-state index in [2.05, 4.69) is 27.1 Å². The minimum absolute atomic E-state index is 0.0714. The van der Waals surface area contributed by atoms with Crippen LogP contribution in [0.25, 0.3) is 0 Å². The highest BCUT2D eigenvalue weighted by molar-refractivity contribution is 5.88. The molecular formula is C18H27N5O2. The van der Waals surface area contributed by atoms with Gasteiger partial charge in [0.15, 0.2) is 0 Å². The summed E-state index contributed by atoms with van der Waals surface area (Å²) in [6, 6.07) is 3.49. The van der Waals surface area contributed by atoms with Crippen LogP contribution in [0.4, 0.5) is 5.82 Å². The van der Waals surface area contributed by atoms with Gasteiger partial charge in [0.2, 0.25) is 11.8 Å². The first-order chi connectivity index (χ1) is 12.1. The molecule has 0 radical (unpaired) electrons. The quantitative estimate of drug-likeness (QED) is 0.840. The molecule has 3 rings (SSSR count). The number of carbonyl (C=O) groups is 2. The predicted molar refractivity (Wildman–Crippen MR) is 96.2 cm³/mol. The van der Waals surface area contributed by atoms with Crippen molar-refractivity contribution in [2.45, 2.75) is 32.4 Å². The third-order valence-corrected chi connectivity index (χ3v) is 5.08. The molecular weight excluding hydrogens is 318 g/mol.